The van der Waals surface area contributed by atoms with Gasteiger partial charge in [-0.05, 0) is 36.8 Å². The zero-order valence-corrected chi connectivity index (χ0v) is 10.6. The van der Waals surface area contributed by atoms with Crippen LogP contribution >= 0.6 is 0 Å². The predicted octanol–water partition coefficient (Wildman–Crippen LogP) is 1.53. The van der Waals surface area contributed by atoms with E-state index in [0.29, 0.717) is 5.41 Å². The zero-order chi connectivity index (χ0) is 12.4. The quantitative estimate of drug-likeness (QED) is 0.741. The number of carbonyl (C=O) groups is 1. The highest BCUT2D eigenvalue weighted by atomic mass is 16.1. The molecule has 1 aromatic heterocycles. The average molecular weight is 245 g/mol. The van der Waals surface area contributed by atoms with Gasteiger partial charge in [-0.15, -0.1) is 0 Å². The lowest BCUT2D eigenvalue weighted by molar-refractivity contribution is -0.120. The van der Waals surface area contributed by atoms with Crippen LogP contribution in [-0.2, 0) is 4.79 Å². The summed E-state index contributed by atoms with van der Waals surface area (Å²) in [4.78, 5) is 19.2. The molecule has 18 heavy (non-hydrogen) atoms. The first-order chi connectivity index (χ1) is 8.81. The molecule has 2 aliphatic rings. The van der Waals surface area contributed by atoms with Gasteiger partial charge >= 0.3 is 0 Å². The molecule has 0 aromatic carbocycles. The smallest absolute Gasteiger partial charge is 0.209 e. The maximum absolute atomic E-state index is 10.8. The number of nitrogens with zero attached hydrogens (tertiary/aromatic N) is 3. The lowest BCUT2D eigenvalue weighted by atomic mass is 9.78. The van der Waals surface area contributed by atoms with E-state index in [2.05, 4.69) is 22.0 Å². The monoisotopic (exact) mass is 245 g/mol. The number of rotatable bonds is 2. The summed E-state index contributed by atoms with van der Waals surface area (Å²) in [5, 5.41) is 0. The second-order valence-electron chi connectivity index (χ2n) is 5.52. The van der Waals surface area contributed by atoms with Gasteiger partial charge in [0.1, 0.15) is 0 Å². The molecule has 2 saturated heterocycles. The summed E-state index contributed by atoms with van der Waals surface area (Å²) in [5.74, 6) is 0. The molecule has 1 spiro atoms. The Kier molecular flexibility index (Phi) is 2.94. The van der Waals surface area contributed by atoms with Gasteiger partial charge in [-0.1, -0.05) is 0 Å². The molecular weight excluding hydrogens is 226 g/mol. The normalized spacial score (nSPS) is 22.4. The van der Waals surface area contributed by atoms with Crippen molar-refractivity contribution in [1.82, 2.24) is 9.88 Å². The van der Waals surface area contributed by atoms with Crippen molar-refractivity contribution in [2.24, 2.45) is 5.41 Å². The molecule has 2 aliphatic heterocycles. The van der Waals surface area contributed by atoms with Gasteiger partial charge in [-0.3, -0.25) is 9.78 Å². The van der Waals surface area contributed by atoms with E-state index in [0.717, 1.165) is 45.4 Å². The topological polar surface area (TPSA) is 36.4 Å². The molecular formula is C14H19N3O. The van der Waals surface area contributed by atoms with Crippen molar-refractivity contribution in [2.75, 3.05) is 31.1 Å². The fourth-order valence-electron chi connectivity index (χ4n) is 3.22. The third-order valence-corrected chi connectivity index (χ3v) is 4.47. The van der Waals surface area contributed by atoms with Gasteiger partial charge in [0, 0.05) is 44.3 Å². The van der Waals surface area contributed by atoms with Crippen molar-refractivity contribution in [3.63, 3.8) is 0 Å². The van der Waals surface area contributed by atoms with Gasteiger partial charge in [-0.2, -0.15) is 0 Å². The maximum Gasteiger partial charge on any atom is 0.209 e. The van der Waals surface area contributed by atoms with Crippen LogP contribution in [0.25, 0.3) is 0 Å². The highest BCUT2D eigenvalue weighted by molar-refractivity contribution is 5.48. The Bertz CT molecular complexity index is 412. The Morgan fingerprint density at radius 2 is 1.78 bits per heavy atom. The number of likely N-dealkylation sites (tertiary alicyclic amines) is 1. The van der Waals surface area contributed by atoms with Crippen molar-refractivity contribution in [2.45, 2.75) is 19.3 Å². The molecule has 1 amide bonds. The number of aromatic nitrogens is 1. The molecule has 0 bridgehead atoms. The van der Waals surface area contributed by atoms with Crippen LogP contribution in [0.2, 0.25) is 0 Å². The molecule has 3 heterocycles. The number of piperidine rings is 1. The Morgan fingerprint density at radius 3 is 2.44 bits per heavy atom. The second-order valence-corrected chi connectivity index (χ2v) is 5.52. The molecule has 4 nitrogen and oxygen atoms in total. The summed E-state index contributed by atoms with van der Waals surface area (Å²) in [5.41, 5.74) is 1.71. The fraction of sp³-hybridized carbons (Fsp3) is 0.571. The van der Waals surface area contributed by atoms with Gasteiger partial charge in [-0.25, -0.2) is 0 Å². The summed E-state index contributed by atoms with van der Waals surface area (Å²) in [6, 6.07) is 4.17. The van der Waals surface area contributed by atoms with Crippen molar-refractivity contribution in [1.29, 1.82) is 0 Å². The first-order valence-corrected chi connectivity index (χ1v) is 6.66. The largest absolute Gasteiger partial charge is 0.371 e. The fourth-order valence-corrected chi connectivity index (χ4v) is 3.22. The SMILES string of the molecule is O=CN1CCC2(CC1)CCN(c1ccncc1)C2. The van der Waals surface area contributed by atoms with Gasteiger partial charge in [0.05, 0.1) is 0 Å². The van der Waals surface area contributed by atoms with E-state index >= 15 is 0 Å². The Labute approximate surface area is 108 Å². The Hall–Kier alpha value is -1.58. The van der Waals surface area contributed by atoms with Crippen LogP contribution < -0.4 is 4.90 Å². The van der Waals surface area contributed by atoms with Gasteiger partial charge in [0.15, 0.2) is 0 Å². The highest BCUT2D eigenvalue weighted by Gasteiger charge is 2.40. The number of pyridine rings is 1. The average Bonchev–Trinajstić information content (AvgIpc) is 2.85. The Morgan fingerprint density at radius 1 is 1.11 bits per heavy atom. The van der Waals surface area contributed by atoms with Gasteiger partial charge in [0.25, 0.3) is 0 Å². The third-order valence-electron chi connectivity index (χ3n) is 4.47. The van der Waals surface area contributed by atoms with Crippen LogP contribution in [0.15, 0.2) is 24.5 Å². The molecule has 0 aliphatic carbocycles. The van der Waals surface area contributed by atoms with E-state index in [4.69, 9.17) is 0 Å². The molecule has 2 fully saturated rings. The molecule has 0 radical (unpaired) electrons. The zero-order valence-electron chi connectivity index (χ0n) is 10.6. The van der Waals surface area contributed by atoms with Crippen LogP contribution in [0.5, 0.6) is 0 Å². The van der Waals surface area contributed by atoms with E-state index in [9.17, 15) is 4.79 Å². The van der Waals surface area contributed by atoms with Crippen LogP contribution in [0.4, 0.5) is 5.69 Å². The molecule has 3 rings (SSSR count). The summed E-state index contributed by atoms with van der Waals surface area (Å²) >= 11 is 0. The summed E-state index contributed by atoms with van der Waals surface area (Å²) < 4.78 is 0. The van der Waals surface area contributed by atoms with E-state index in [1.807, 2.05) is 17.3 Å². The molecule has 4 heteroatoms. The van der Waals surface area contributed by atoms with Crippen LogP contribution in [0.1, 0.15) is 19.3 Å². The van der Waals surface area contributed by atoms with Crippen LogP contribution in [-0.4, -0.2) is 42.5 Å². The molecule has 0 saturated carbocycles. The predicted molar refractivity (Wildman–Crippen MR) is 70.4 cm³/mol. The lowest BCUT2D eigenvalue weighted by Gasteiger charge is -2.37. The second kappa shape index (κ2) is 4.59. The molecule has 96 valence electrons. The lowest BCUT2D eigenvalue weighted by Crippen LogP contribution is -2.40. The number of anilines is 1. The third kappa shape index (κ3) is 2.07. The number of hydrogen-bond acceptors (Lipinski definition) is 3. The van der Waals surface area contributed by atoms with E-state index in [1.165, 1.54) is 12.1 Å². The number of carbonyl (C=O) groups excluding carboxylic acids is 1. The highest BCUT2D eigenvalue weighted by Crippen LogP contribution is 2.41. The first kappa shape index (κ1) is 11.5. The Balaban J connectivity index is 1.67. The van der Waals surface area contributed by atoms with E-state index in [-0.39, 0.29) is 0 Å². The van der Waals surface area contributed by atoms with Crippen LogP contribution in [0, 0.1) is 5.41 Å². The van der Waals surface area contributed by atoms with Gasteiger partial charge < -0.3 is 9.80 Å². The standard InChI is InChI=1S/C14H19N3O/c18-12-16-8-3-14(4-9-16)5-10-17(11-14)13-1-6-15-7-2-13/h1-2,6-7,12H,3-5,8-11H2. The maximum atomic E-state index is 10.8. The van der Waals surface area contributed by atoms with E-state index < -0.39 is 0 Å². The molecule has 1 aromatic rings. The van der Waals surface area contributed by atoms with Crippen molar-refractivity contribution in [3.05, 3.63) is 24.5 Å². The van der Waals surface area contributed by atoms with Crippen LogP contribution in [0.3, 0.4) is 0 Å². The number of hydrogen-bond donors (Lipinski definition) is 0. The van der Waals surface area contributed by atoms with Crippen molar-refractivity contribution >= 4 is 12.1 Å². The minimum atomic E-state index is 0.433. The summed E-state index contributed by atoms with van der Waals surface area (Å²) in [6.07, 6.45) is 8.25. The number of amides is 1. The summed E-state index contributed by atoms with van der Waals surface area (Å²) in [7, 11) is 0. The first-order valence-electron chi connectivity index (χ1n) is 6.66. The van der Waals surface area contributed by atoms with Gasteiger partial charge in [0.2, 0.25) is 6.41 Å². The van der Waals surface area contributed by atoms with E-state index in [1.54, 1.807) is 0 Å². The van der Waals surface area contributed by atoms with Crippen molar-refractivity contribution < 1.29 is 4.79 Å². The summed E-state index contributed by atoms with van der Waals surface area (Å²) in [6.45, 7) is 4.11. The minimum absolute atomic E-state index is 0.433. The molecule has 0 unspecified atom stereocenters. The van der Waals surface area contributed by atoms with Crippen molar-refractivity contribution in [3.8, 4) is 0 Å². The molecule has 0 N–H and O–H groups in total. The minimum Gasteiger partial charge on any atom is -0.371 e. The molecule has 0 atom stereocenters.